The SMILES string of the molecule is COc1cc(C(C)=NNc2nc(Cl)c(Cl)cc2Cl)cc(OC)c1OC. The van der Waals surface area contributed by atoms with Crippen molar-refractivity contribution in [3.63, 3.8) is 0 Å². The number of rotatable bonds is 6. The third-order valence-electron chi connectivity index (χ3n) is 3.30. The van der Waals surface area contributed by atoms with E-state index >= 15 is 0 Å². The van der Waals surface area contributed by atoms with Crippen molar-refractivity contribution in [2.75, 3.05) is 26.8 Å². The van der Waals surface area contributed by atoms with Gasteiger partial charge in [0.05, 0.1) is 37.1 Å². The van der Waals surface area contributed by atoms with Crippen LogP contribution in [0.4, 0.5) is 5.82 Å². The molecule has 2 rings (SSSR count). The Bertz CT molecular complexity index is 788. The smallest absolute Gasteiger partial charge is 0.203 e. The van der Waals surface area contributed by atoms with Crippen LogP contribution in [0.25, 0.3) is 0 Å². The summed E-state index contributed by atoms with van der Waals surface area (Å²) in [7, 11) is 4.64. The Morgan fingerprint density at radius 3 is 2.08 bits per heavy atom. The standard InChI is InChI=1S/C16H16Cl3N3O3/c1-8(21-22-16-11(18)7-10(17)15(19)20-16)9-5-12(23-2)14(25-4)13(6-9)24-3/h5-7H,1-4H3,(H,20,22). The van der Waals surface area contributed by atoms with E-state index in [4.69, 9.17) is 49.0 Å². The van der Waals surface area contributed by atoms with Crippen LogP contribution >= 0.6 is 34.8 Å². The lowest BCUT2D eigenvalue weighted by molar-refractivity contribution is 0.324. The van der Waals surface area contributed by atoms with E-state index in [2.05, 4.69) is 15.5 Å². The van der Waals surface area contributed by atoms with E-state index in [9.17, 15) is 0 Å². The number of hydrazone groups is 1. The summed E-state index contributed by atoms with van der Waals surface area (Å²) in [4.78, 5) is 4.05. The van der Waals surface area contributed by atoms with Crippen LogP contribution in [0.1, 0.15) is 12.5 Å². The van der Waals surface area contributed by atoms with E-state index in [1.54, 1.807) is 40.4 Å². The third kappa shape index (κ3) is 4.39. The zero-order chi connectivity index (χ0) is 18.6. The van der Waals surface area contributed by atoms with Crippen molar-refractivity contribution >= 4 is 46.3 Å². The molecule has 0 saturated carbocycles. The Morgan fingerprint density at radius 1 is 0.960 bits per heavy atom. The Kier molecular flexibility index (Phi) is 6.58. The van der Waals surface area contributed by atoms with Gasteiger partial charge in [-0.1, -0.05) is 34.8 Å². The number of hydrogen-bond acceptors (Lipinski definition) is 6. The molecule has 0 radical (unpaired) electrons. The molecule has 6 nitrogen and oxygen atoms in total. The zero-order valence-electron chi connectivity index (χ0n) is 14.0. The highest BCUT2D eigenvalue weighted by atomic mass is 35.5. The fourth-order valence-corrected chi connectivity index (χ4v) is 2.55. The molecule has 0 aliphatic heterocycles. The van der Waals surface area contributed by atoms with Gasteiger partial charge >= 0.3 is 0 Å². The normalized spacial score (nSPS) is 11.2. The lowest BCUT2D eigenvalue weighted by atomic mass is 10.1. The van der Waals surface area contributed by atoms with Crippen LogP contribution in [0.5, 0.6) is 17.2 Å². The van der Waals surface area contributed by atoms with Gasteiger partial charge in [0.2, 0.25) is 5.75 Å². The first-order chi connectivity index (χ1) is 11.9. The maximum absolute atomic E-state index is 6.07. The van der Waals surface area contributed by atoms with E-state index in [1.165, 1.54) is 6.07 Å². The summed E-state index contributed by atoms with van der Waals surface area (Å²) >= 11 is 17.8. The van der Waals surface area contributed by atoms with Gasteiger partial charge in [-0.05, 0) is 25.1 Å². The monoisotopic (exact) mass is 403 g/mol. The molecular weight excluding hydrogens is 389 g/mol. The minimum Gasteiger partial charge on any atom is -0.493 e. The molecule has 134 valence electrons. The second-order valence-corrected chi connectivity index (χ2v) is 5.99. The van der Waals surface area contributed by atoms with Crippen LogP contribution < -0.4 is 19.6 Å². The van der Waals surface area contributed by atoms with Crippen molar-refractivity contribution in [2.24, 2.45) is 5.10 Å². The molecule has 0 amide bonds. The molecule has 1 aromatic heterocycles. The van der Waals surface area contributed by atoms with E-state index in [0.717, 1.165) is 5.56 Å². The maximum atomic E-state index is 6.07. The minimum absolute atomic E-state index is 0.134. The molecule has 0 spiro atoms. The maximum Gasteiger partial charge on any atom is 0.203 e. The fourth-order valence-electron chi connectivity index (χ4n) is 2.01. The second kappa shape index (κ2) is 8.47. The highest BCUT2D eigenvalue weighted by Crippen LogP contribution is 2.38. The number of aromatic nitrogens is 1. The number of nitrogens with zero attached hydrogens (tertiary/aromatic N) is 2. The highest BCUT2D eigenvalue weighted by Gasteiger charge is 2.14. The van der Waals surface area contributed by atoms with Gasteiger partial charge in [-0.15, -0.1) is 0 Å². The summed E-state index contributed by atoms with van der Waals surface area (Å²) in [6.07, 6.45) is 0. The van der Waals surface area contributed by atoms with Crippen molar-refractivity contribution in [3.05, 3.63) is 39.0 Å². The number of anilines is 1. The van der Waals surface area contributed by atoms with E-state index in [1.807, 2.05) is 0 Å². The summed E-state index contributed by atoms with van der Waals surface area (Å²) in [6.45, 7) is 1.80. The highest BCUT2D eigenvalue weighted by molar-refractivity contribution is 6.42. The minimum atomic E-state index is 0.134. The molecule has 25 heavy (non-hydrogen) atoms. The Labute approximate surface area is 160 Å². The van der Waals surface area contributed by atoms with E-state index in [0.29, 0.717) is 33.8 Å². The summed E-state index contributed by atoms with van der Waals surface area (Å²) < 4.78 is 16.0. The van der Waals surface area contributed by atoms with E-state index in [-0.39, 0.29) is 10.2 Å². The molecule has 0 aliphatic rings. The molecule has 9 heteroatoms. The number of ether oxygens (including phenoxy) is 3. The van der Waals surface area contributed by atoms with Gasteiger partial charge in [0.1, 0.15) is 5.15 Å². The summed E-state index contributed by atoms with van der Waals surface area (Å²) in [5.74, 6) is 1.85. The summed E-state index contributed by atoms with van der Waals surface area (Å²) in [5, 5.41) is 4.97. The van der Waals surface area contributed by atoms with Crippen LogP contribution in [0.15, 0.2) is 23.3 Å². The molecule has 0 fully saturated rings. The Balaban J connectivity index is 2.35. The van der Waals surface area contributed by atoms with Crippen molar-refractivity contribution in [2.45, 2.75) is 6.92 Å². The Hall–Kier alpha value is -1.89. The molecule has 0 aliphatic carbocycles. The third-order valence-corrected chi connectivity index (χ3v) is 4.26. The molecule has 0 unspecified atom stereocenters. The van der Waals surface area contributed by atoms with Gasteiger partial charge in [-0.25, -0.2) is 4.98 Å². The average Bonchev–Trinajstić information content (AvgIpc) is 2.61. The van der Waals surface area contributed by atoms with Crippen LogP contribution in [0.2, 0.25) is 15.2 Å². The molecule has 1 N–H and O–H groups in total. The first-order valence-corrected chi connectivity index (χ1v) is 8.16. The van der Waals surface area contributed by atoms with Gasteiger partial charge in [0, 0.05) is 5.56 Å². The predicted octanol–water partition coefficient (Wildman–Crippen LogP) is 4.90. The van der Waals surface area contributed by atoms with Crippen molar-refractivity contribution in [3.8, 4) is 17.2 Å². The lowest BCUT2D eigenvalue weighted by Gasteiger charge is -2.14. The first-order valence-electron chi connectivity index (χ1n) is 7.03. The Morgan fingerprint density at radius 2 is 1.56 bits per heavy atom. The van der Waals surface area contributed by atoms with Crippen LogP contribution in [0, 0.1) is 0 Å². The number of nitrogens with one attached hydrogen (secondary N) is 1. The molecular formula is C16H16Cl3N3O3. The average molecular weight is 405 g/mol. The molecule has 1 heterocycles. The summed E-state index contributed by atoms with van der Waals surface area (Å²) in [5.41, 5.74) is 4.18. The van der Waals surface area contributed by atoms with Gasteiger partial charge in [-0.3, -0.25) is 5.43 Å². The fraction of sp³-hybridized carbons (Fsp3) is 0.250. The molecule has 1 aromatic carbocycles. The second-order valence-electron chi connectivity index (χ2n) is 4.81. The van der Waals surface area contributed by atoms with Gasteiger partial charge in [0.15, 0.2) is 17.3 Å². The number of pyridine rings is 1. The van der Waals surface area contributed by atoms with Gasteiger partial charge < -0.3 is 14.2 Å². The number of methoxy groups -OCH3 is 3. The lowest BCUT2D eigenvalue weighted by Crippen LogP contribution is -2.04. The number of benzene rings is 1. The van der Waals surface area contributed by atoms with Crippen molar-refractivity contribution in [1.82, 2.24) is 4.98 Å². The van der Waals surface area contributed by atoms with Crippen LogP contribution in [0.3, 0.4) is 0 Å². The summed E-state index contributed by atoms with van der Waals surface area (Å²) in [6, 6.07) is 5.06. The zero-order valence-corrected chi connectivity index (χ0v) is 16.3. The molecule has 0 saturated heterocycles. The first kappa shape index (κ1) is 19.4. The number of hydrogen-bond donors (Lipinski definition) is 1. The molecule has 0 atom stereocenters. The quantitative estimate of drug-likeness (QED) is 0.421. The largest absolute Gasteiger partial charge is 0.493 e. The van der Waals surface area contributed by atoms with Crippen molar-refractivity contribution < 1.29 is 14.2 Å². The topological polar surface area (TPSA) is 65.0 Å². The number of halogens is 3. The van der Waals surface area contributed by atoms with Gasteiger partial charge in [0.25, 0.3) is 0 Å². The van der Waals surface area contributed by atoms with Crippen LogP contribution in [-0.2, 0) is 0 Å². The predicted molar refractivity (Wildman–Crippen MR) is 101 cm³/mol. The van der Waals surface area contributed by atoms with Crippen LogP contribution in [-0.4, -0.2) is 32.0 Å². The molecule has 2 aromatic rings. The van der Waals surface area contributed by atoms with Crippen molar-refractivity contribution in [1.29, 1.82) is 0 Å². The van der Waals surface area contributed by atoms with E-state index < -0.39 is 0 Å². The van der Waals surface area contributed by atoms with Gasteiger partial charge in [-0.2, -0.15) is 5.10 Å². The molecule has 0 bridgehead atoms.